The van der Waals surface area contributed by atoms with Gasteiger partial charge in [-0.05, 0) is 56.3 Å². The lowest BCUT2D eigenvalue weighted by Crippen LogP contribution is -2.34. The van der Waals surface area contributed by atoms with Crippen LogP contribution in [0.1, 0.15) is 24.2 Å². The summed E-state index contributed by atoms with van der Waals surface area (Å²) in [6, 6.07) is 12.0. The second kappa shape index (κ2) is 6.62. The van der Waals surface area contributed by atoms with Gasteiger partial charge in [-0.3, -0.25) is 9.59 Å². The van der Waals surface area contributed by atoms with Crippen molar-refractivity contribution >= 4 is 23.2 Å². The Balaban J connectivity index is 1.73. The van der Waals surface area contributed by atoms with Gasteiger partial charge >= 0.3 is 0 Å². The fraction of sp³-hybridized carbons (Fsp3) is 0.222. The summed E-state index contributed by atoms with van der Waals surface area (Å²) in [5.41, 5.74) is 1.64. The molecule has 1 unspecified atom stereocenters. The highest BCUT2D eigenvalue weighted by Gasteiger charge is 2.23. The maximum atomic E-state index is 12.3. The Morgan fingerprint density at radius 3 is 2.71 bits per heavy atom. The molecular formula is C18H18N2O4. The van der Waals surface area contributed by atoms with E-state index in [2.05, 4.69) is 10.6 Å². The first-order valence-electron chi connectivity index (χ1n) is 7.72. The lowest BCUT2D eigenvalue weighted by atomic mass is 10.1. The molecule has 0 fully saturated rings. The Morgan fingerprint density at radius 1 is 1.25 bits per heavy atom. The minimum absolute atomic E-state index is 0.211. The second-order valence-corrected chi connectivity index (χ2v) is 5.37. The molecule has 0 radical (unpaired) electrons. The number of fused-ring (bicyclic) bond motifs is 1. The highest BCUT2D eigenvalue weighted by atomic mass is 16.5. The lowest BCUT2D eigenvalue weighted by Gasteiger charge is -2.23. The Morgan fingerprint density at radius 2 is 2.00 bits per heavy atom. The number of ether oxygens (including phenoxy) is 2. The highest BCUT2D eigenvalue weighted by molar-refractivity contribution is 6.05. The maximum absolute atomic E-state index is 12.3. The fourth-order valence-electron chi connectivity index (χ4n) is 2.36. The molecular weight excluding hydrogens is 308 g/mol. The second-order valence-electron chi connectivity index (χ2n) is 5.37. The molecule has 6 nitrogen and oxygen atoms in total. The zero-order valence-electron chi connectivity index (χ0n) is 13.5. The molecule has 0 aromatic heterocycles. The van der Waals surface area contributed by atoms with Gasteiger partial charge in [-0.1, -0.05) is 0 Å². The van der Waals surface area contributed by atoms with Gasteiger partial charge in [-0.2, -0.15) is 0 Å². The molecule has 1 heterocycles. The summed E-state index contributed by atoms with van der Waals surface area (Å²) in [7, 11) is 0. The Kier molecular flexibility index (Phi) is 4.37. The minimum atomic E-state index is -0.526. The van der Waals surface area contributed by atoms with Crippen molar-refractivity contribution in [1.82, 2.24) is 0 Å². The van der Waals surface area contributed by atoms with Crippen LogP contribution >= 0.6 is 0 Å². The number of carbonyl (C=O) groups is 2. The number of hydrogen-bond acceptors (Lipinski definition) is 4. The van der Waals surface area contributed by atoms with E-state index < -0.39 is 6.10 Å². The summed E-state index contributed by atoms with van der Waals surface area (Å²) >= 11 is 0. The van der Waals surface area contributed by atoms with Crippen molar-refractivity contribution in [2.75, 3.05) is 17.2 Å². The molecule has 0 aliphatic carbocycles. The van der Waals surface area contributed by atoms with Gasteiger partial charge in [0, 0.05) is 11.3 Å². The number of rotatable bonds is 4. The van der Waals surface area contributed by atoms with Gasteiger partial charge in [0.1, 0.15) is 11.5 Å². The summed E-state index contributed by atoms with van der Waals surface area (Å²) in [6.45, 7) is 4.16. The number of benzene rings is 2. The molecule has 1 atom stereocenters. The molecule has 0 saturated carbocycles. The number of nitrogens with one attached hydrogen (secondary N) is 2. The van der Waals surface area contributed by atoms with Crippen LogP contribution in [-0.2, 0) is 4.79 Å². The van der Waals surface area contributed by atoms with Crippen LogP contribution in [0.5, 0.6) is 11.5 Å². The van der Waals surface area contributed by atoms with Crippen LogP contribution in [0, 0.1) is 0 Å². The van der Waals surface area contributed by atoms with Crippen molar-refractivity contribution in [2.24, 2.45) is 0 Å². The summed E-state index contributed by atoms with van der Waals surface area (Å²) in [5.74, 6) is 0.852. The minimum Gasteiger partial charge on any atom is -0.494 e. The van der Waals surface area contributed by atoms with E-state index in [1.807, 2.05) is 6.92 Å². The molecule has 2 amide bonds. The first-order valence-corrected chi connectivity index (χ1v) is 7.72. The van der Waals surface area contributed by atoms with Gasteiger partial charge < -0.3 is 20.1 Å². The molecule has 0 bridgehead atoms. The van der Waals surface area contributed by atoms with Crippen LogP contribution < -0.4 is 20.1 Å². The molecule has 2 N–H and O–H groups in total. The van der Waals surface area contributed by atoms with Crippen molar-refractivity contribution in [3.8, 4) is 11.5 Å². The van der Waals surface area contributed by atoms with E-state index in [0.29, 0.717) is 29.3 Å². The third kappa shape index (κ3) is 3.32. The molecule has 24 heavy (non-hydrogen) atoms. The molecule has 6 heteroatoms. The summed E-state index contributed by atoms with van der Waals surface area (Å²) in [5, 5.41) is 5.55. The average molecular weight is 326 g/mol. The zero-order valence-corrected chi connectivity index (χ0v) is 13.5. The van der Waals surface area contributed by atoms with E-state index in [1.54, 1.807) is 49.4 Å². The Hall–Kier alpha value is -3.02. The first-order chi connectivity index (χ1) is 11.6. The fourth-order valence-corrected chi connectivity index (χ4v) is 2.36. The summed E-state index contributed by atoms with van der Waals surface area (Å²) < 4.78 is 10.8. The predicted octanol–water partition coefficient (Wildman–Crippen LogP) is 3.06. The first kappa shape index (κ1) is 15.9. The van der Waals surface area contributed by atoms with Gasteiger partial charge in [0.15, 0.2) is 6.10 Å². The normalized spacial score (nSPS) is 15.8. The van der Waals surface area contributed by atoms with E-state index in [0.717, 1.165) is 5.75 Å². The maximum Gasteiger partial charge on any atom is 0.265 e. The average Bonchev–Trinajstić information content (AvgIpc) is 2.57. The quantitative estimate of drug-likeness (QED) is 0.905. The lowest BCUT2D eigenvalue weighted by molar-refractivity contribution is -0.122. The van der Waals surface area contributed by atoms with Crippen molar-refractivity contribution in [2.45, 2.75) is 20.0 Å². The number of hydrogen-bond donors (Lipinski definition) is 2. The number of carbonyl (C=O) groups excluding carboxylic acids is 2. The number of anilines is 2. The van der Waals surface area contributed by atoms with Crippen LogP contribution in [0.15, 0.2) is 42.5 Å². The molecule has 1 aliphatic heterocycles. The molecule has 3 rings (SSSR count). The van der Waals surface area contributed by atoms with E-state index in [-0.39, 0.29) is 11.8 Å². The van der Waals surface area contributed by atoms with Crippen LogP contribution in [0.2, 0.25) is 0 Å². The van der Waals surface area contributed by atoms with Crippen molar-refractivity contribution in [3.63, 3.8) is 0 Å². The molecule has 0 spiro atoms. The van der Waals surface area contributed by atoms with E-state index in [4.69, 9.17) is 9.47 Å². The van der Waals surface area contributed by atoms with Crippen LogP contribution in [0.4, 0.5) is 11.4 Å². The number of amides is 2. The van der Waals surface area contributed by atoms with Gasteiger partial charge in [-0.15, -0.1) is 0 Å². The molecule has 1 aliphatic rings. The molecule has 0 saturated heterocycles. The van der Waals surface area contributed by atoms with Crippen molar-refractivity contribution in [3.05, 3.63) is 48.0 Å². The van der Waals surface area contributed by atoms with Gasteiger partial charge in [0.2, 0.25) is 0 Å². The Labute approximate surface area is 139 Å². The van der Waals surface area contributed by atoms with Crippen LogP contribution in [0.25, 0.3) is 0 Å². The topological polar surface area (TPSA) is 76.7 Å². The summed E-state index contributed by atoms with van der Waals surface area (Å²) in [6.07, 6.45) is -0.526. The predicted molar refractivity (Wildman–Crippen MR) is 90.7 cm³/mol. The van der Waals surface area contributed by atoms with Gasteiger partial charge in [0.25, 0.3) is 11.8 Å². The Bertz CT molecular complexity index is 771. The molecule has 2 aromatic rings. The van der Waals surface area contributed by atoms with Gasteiger partial charge in [0.05, 0.1) is 12.3 Å². The summed E-state index contributed by atoms with van der Waals surface area (Å²) in [4.78, 5) is 24.0. The largest absolute Gasteiger partial charge is 0.494 e. The smallest absolute Gasteiger partial charge is 0.265 e. The SMILES string of the molecule is CCOc1ccc(C(=O)Nc2ccc3c(c2)NC(=O)C(C)O3)cc1. The van der Waals surface area contributed by atoms with Crippen LogP contribution in [0.3, 0.4) is 0 Å². The van der Waals surface area contributed by atoms with E-state index in [1.165, 1.54) is 0 Å². The van der Waals surface area contributed by atoms with Crippen molar-refractivity contribution < 1.29 is 19.1 Å². The monoisotopic (exact) mass is 326 g/mol. The third-order valence-corrected chi connectivity index (χ3v) is 3.60. The van der Waals surface area contributed by atoms with E-state index in [9.17, 15) is 9.59 Å². The molecule has 124 valence electrons. The standard InChI is InChI=1S/C18H18N2O4/c1-3-23-14-7-4-12(5-8-14)18(22)19-13-6-9-16-15(10-13)20-17(21)11(2)24-16/h4-11H,3H2,1-2H3,(H,19,22)(H,20,21). The van der Waals surface area contributed by atoms with Gasteiger partial charge in [-0.25, -0.2) is 0 Å². The molecule has 2 aromatic carbocycles. The van der Waals surface area contributed by atoms with E-state index >= 15 is 0 Å². The van der Waals surface area contributed by atoms with Crippen molar-refractivity contribution in [1.29, 1.82) is 0 Å². The highest BCUT2D eigenvalue weighted by Crippen LogP contribution is 2.32. The zero-order chi connectivity index (χ0) is 17.1. The van der Waals surface area contributed by atoms with Crippen LogP contribution in [-0.4, -0.2) is 24.5 Å². The third-order valence-electron chi connectivity index (χ3n) is 3.60.